The summed E-state index contributed by atoms with van der Waals surface area (Å²) >= 11 is 0. The van der Waals surface area contributed by atoms with Gasteiger partial charge in [0, 0.05) is 7.05 Å². The third kappa shape index (κ3) is 7.60. The summed E-state index contributed by atoms with van der Waals surface area (Å²) in [4.78, 5) is 0. The van der Waals surface area contributed by atoms with E-state index in [4.69, 9.17) is 0 Å². The Hall–Kier alpha value is -1.44. The minimum atomic E-state index is -4.99. The number of alkyl halides is 6. The fourth-order valence-corrected chi connectivity index (χ4v) is 10.3. The van der Waals surface area contributed by atoms with Crippen LogP contribution in [-0.2, 0) is 23.3 Å². The maximum absolute atomic E-state index is 13.8. The van der Waals surface area contributed by atoms with Crippen molar-refractivity contribution < 1.29 is 30.6 Å². The van der Waals surface area contributed by atoms with Gasteiger partial charge in [-0.2, -0.15) is 26.3 Å². The van der Waals surface area contributed by atoms with Gasteiger partial charge in [-0.25, -0.2) is 8.51 Å². The van der Waals surface area contributed by atoms with Crippen LogP contribution in [0.15, 0.2) is 42.5 Å². The van der Waals surface area contributed by atoms with Gasteiger partial charge in [0.25, 0.3) is 0 Å². The Balaban J connectivity index is 3.04. The maximum atomic E-state index is 13.8. The molecule has 214 valence electrons. The minimum absolute atomic E-state index is 0.129. The molecule has 0 aromatic heterocycles. The fraction of sp³-hybridized carbons (Fsp3) is 0.571. The van der Waals surface area contributed by atoms with Gasteiger partial charge in [-0.05, 0) is 65.7 Å². The van der Waals surface area contributed by atoms with E-state index in [-0.39, 0.29) is 21.9 Å². The van der Waals surface area contributed by atoms with Crippen molar-refractivity contribution in [2.45, 2.75) is 95.8 Å². The quantitative estimate of drug-likeness (QED) is 0.255. The highest BCUT2D eigenvalue weighted by atomic mass is 32.2. The third-order valence-electron chi connectivity index (χ3n) is 5.89. The monoisotopic (exact) mass is 581 g/mol. The lowest BCUT2D eigenvalue weighted by atomic mass is 9.94. The van der Waals surface area contributed by atoms with E-state index in [9.17, 15) is 30.6 Å². The lowest BCUT2D eigenvalue weighted by Gasteiger charge is -2.44. The van der Waals surface area contributed by atoms with Crippen LogP contribution in [0.2, 0.25) is 0 Å². The first-order valence-corrected chi connectivity index (χ1v) is 14.6. The summed E-state index contributed by atoms with van der Waals surface area (Å²) in [6.07, 6.45) is -9.99. The van der Waals surface area contributed by atoms with Crippen LogP contribution in [0.25, 0.3) is 0 Å². The zero-order chi connectivity index (χ0) is 29.6. The third-order valence-corrected chi connectivity index (χ3v) is 11.2. The van der Waals surface area contributed by atoms with Crippen LogP contribution in [0.4, 0.5) is 26.3 Å². The molecular formula is C28H38F6NOPS. The Kier molecular flexibility index (Phi) is 9.36. The number of rotatable bonds is 5. The highest BCUT2D eigenvalue weighted by Crippen LogP contribution is 2.59. The Morgan fingerprint density at radius 2 is 1.16 bits per heavy atom. The second-order valence-corrected chi connectivity index (χ2v) is 18.5. The van der Waals surface area contributed by atoms with E-state index in [1.807, 2.05) is 12.1 Å². The lowest BCUT2D eigenvalue weighted by molar-refractivity contribution is -0.143. The van der Waals surface area contributed by atoms with Gasteiger partial charge >= 0.3 is 12.4 Å². The molecule has 0 aliphatic carbocycles. The average molecular weight is 582 g/mol. The Labute approximate surface area is 226 Å². The van der Waals surface area contributed by atoms with Crippen LogP contribution in [0.1, 0.15) is 90.6 Å². The molecule has 2 nitrogen and oxygen atoms in total. The molecule has 0 heterocycles. The standard InChI is InChI=1S/C28H38F6NOPS/c1-24(2,3)37(25(4,5)6)22-14-12-11-13-21(22)23(35(10)38(36)26(7,8)9)18-15-19(27(29,30)31)17-20(16-18)28(32,33)34/h11-17,23H,1-10H3/t23-,38?/m0/s1. The van der Waals surface area contributed by atoms with Crippen LogP contribution in [-0.4, -0.2) is 30.6 Å². The van der Waals surface area contributed by atoms with Crippen molar-refractivity contribution in [1.82, 2.24) is 4.31 Å². The molecule has 0 saturated heterocycles. The SMILES string of the molecule is CN([C@@H](c1cc(C(F)(F)F)cc(C(F)(F)F)c1)c1ccccc1P(C(C)(C)C)C(C)(C)C)S(=O)C(C)(C)C. The second kappa shape index (κ2) is 10.9. The van der Waals surface area contributed by atoms with Crippen molar-refractivity contribution in [1.29, 1.82) is 0 Å². The molecule has 2 atom stereocenters. The van der Waals surface area contributed by atoms with E-state index in [0.717, 1.165) is 17.4 Å². The molecule has 0 N–H and O–H groups in total. The van der Waals surface area contributed by atoms with Crippen LogP contribution in [0.3, 0.4) is 0 Å². The summed E-state index contributed by atoms with van der Waals surface area (Å²) in [5.41, 5.74) is -2.45. The van der Waals surface area contributed by atoms with Crippen molar-refractivity contribution in [3.8, 4) is 0 Å². The normalized spacial score (nSPS) is 15.7. The highest BCUT2D eigenvalue weighted by molar-refractivity contribution is 7.84. The first-order chi connectivity index (χ1) is 16.9. The van der Waals surface area contributed by atoms with Crippen LogP contribution >= 0.6 is 7.92 Å². The number of hydrogen-bond acceptors (Lipinski definition) is 1. The zero-order valence-electron chi connectivity index (χ0n) is 23.6. The van der Waals surface area contributed by atoms with E-state index in [1.54, 1.807) is 32.9 Å². The van der Waals surface area contributed by atoms with Crippen molar-refractivity contribution in [2.75, 3.05) is 7.05 Å². The van der Waals surface area contributed by atoms with E-state index in [0.29, 0.717) is 5.56 Å². The largest absolute Gasteiger partial charge is 0.416 e. The van der Waals surface area contributed by atoms with Crippen molar-refractivity contribution >= 4 is 24.2 Å². The molecule has 1 unspecified atom stereocenters. The van der Waals surface area contributed by atoms with Crippen molar-refractivity contribution in [3.63, 3.8) is 0 Å². The van der Waals surface area contributed by atoms with E-state index in [1.165, 1.54) is 11.4 Å². The maximum Gasteiger partial charge on any atom is 0.416 e. The molecule has 2 aromatic rings. The predicted molar refractivity (Wildman–Crippen MR) is 146 cm³/mol. The highest BCUT2D eigenvalue weighted by Gasteiger charge is 2.42. The fourth-order valence-electron chi connectivity index (χ4n) is 4.90. The molecule has 10 heteroatoms. The summed E-state index contributed by atoms with van der Waals surface area (Å²) in [5.74, 6) is 0. The predicted octanol–water partition coefficient (Wildman–Crippen LogP) is 8.91. The molecule has 2 aromatic carbocycles. The zero-order valence-corrected chi connectivity index (χ0v) is 25.3. The van der Waals surface area contributed by atoms with Gasteiger partial charge in [-0.1, -0.05) is 73.7 Å². The second-order valence-electron chi connectivity index (χ2n) is 12.4. The van der Waals surface area contributed by atoms with Gasteiger partial charge in [0.15, 0.2) is 0 Å². The molecule has 0 spiro atoms. The Morgan fingerprint density at radius 1 is 0.737 bits per heavy atom. The molecule has 38 heavy (non-hydrogen) atoms. The number of benzene rings is 2. The summed E-state index contributed by atoms with van der Waals surface area (Å²) in [6, 6.07) is 7.70. The minimum Gasteiger partial charge on any atom is -0.242 e. The molecule has 0 fully saturated rings. The molecule has 2 rings (SSSR count). The molecular weight excluding hydrogens is 543 g/mol. The van der Waals surface area contributed by atoms with Gasteiger partial charge in [0.1, 0.15) is 11.0 Å². The first-order valence-electron chi connectivity index (χ1n) is 12.2. The number of halogens is 6. The molecule has 0 aliphatic rings. The van der Waals surface area contributed by atoms with Gasteiger partial charge in [-0.3, -0.25) is 0 Å². The lowest BCUT2D eigenvalue weighted by Crippen LogP contribution is -2.40. The van der Waals surface area contributed by atoms with Gasteiger partial charge < -0.3 is 0 Å². The van der Waals surface area contributed by atoms with Gasteiger partial charge in [-0.15, -0.1) is 0 Å². The van der Waals surface area contributed by atoms with Gasteiger partial charge in [0.2, 0.25) is 0 Å². The van der Waals surface area contributed by atoms with Crippen molar-refractivity contribution in [3.05, 3.63) is 64.7 Å². The number of nitrogens with zero attached hydrogens (tertiary/aromatic N) is 1. The molecule has 0 saturated carbocycles. The Bertz CT molecular complexity index is 1110. The summed E-state index contributed by atoms with van der Waals surface area (Å²) in [5, 5.41) is 0.387. The average Bonchev–Trinajstić information content (AvgIpc) is 2.70. The molecule has 0 aliphatic heterocycles. The van der Waals surface area contributed by atoms with Crippen LogP contribution < -0.4 is 5.30 Å². The Morgan fingerprint density at radius 3 is 1.53 bits per heavy atom. The topological polar surface area (TPSA) is 20.3 Å². The number of hydrogen-bond donors (Lipinski definition) is 0. The summed E-state index contributed by atoms with van der Waals surface area (Å²) in [6.45, 7) is 17.6. The van der Waals surface area contributed by atoms with E-state index in [2.05, 4.69) is 41.5 Å². The summed E-state index contributed by atoms with van der Waals surface area (Å²) < 4.78 is 97.2. The molecule has 0 radical (unpaired) electrons. The van der Waals surface area contributed by atoms with Crippen LogP contribution in [0, 0.1) is 0 Å². The van der Waals surface area contributed by atoms with Gasteiger partial charge in [0.05, 0.1) is 21.9 Å². The van der Waals surface area contributed by atoms with Crippen molar-refractivity contribution in [2.24, 2.45) is 0 Å². The van der Waals surface area contributed by atoms with E-state index < -0.39 is 53.2 Å². The molecule has 0 amide bonds. The smallest absolute Gasteiger partial charge is 0.242 e. The van der Waals surface area contributed by atoms with Crippen LogP contribution in [0.5, 0.6) is 0 Å². The van der Waals surface area contributed by atoms with E-state index >= 15 is 0 Å². The first kappa shape index (κ1) is 32.8. The summed E-state index contributed by atoms with van der Waals surface area (Å²) in [7, 11) is -1.25. The molecule has 0 bridgehead atoms.